The Morgan fingerprint density at radius 1 is 0.955 bits per heavy atom. The smallest absolute Gasteiger partial charge is 0.263 e. The first-order chi connectivity index (χ1) is 10.8. The van der Waals surface area contributed by atoms with Gasteiger partial charge in [0.25, 0.3) is 5.95 Å². The van der Waals surface area contributed by atoms with Gasteiger partial charge in [0.2, 0.25) is 0 Å². The first kappa shape index (κ1) is 12.5. The van der Waals surface area contributed by atoms with Gasteiger partial charge in [0.1, 0.15) is 0 Å². The van der Waals surface area contributed by atoms with Crippen molar-refractivity contribution in [2.45, 2.75) is 0 Å². The quantitative estimate of drug-likeness (QED) is 0.453. The van der Waals surface area contributed by atoms with Crippen LogP contribution in [0.5, 0.6) is 0 Å². The molecule has 0 aliphatic rings. The second-order valence-corrected chi connectivity index (χ2v) is 4.90. The number of benzene rings is 3. The van der Waals surface area contributed by atoms with Gasteiger partial charge in [-0.1, -0.05) is 58.4 Å². The highest BCUT2D eigenvalue weighted by atomic mass is 15.7. The Morgan fingerprint density at radius 3 is 2.18 bits per heavy atom. The zero-order valence-corrected chi connectivity index (χ0v) is 11.6. The van der Waals surface area contributed by atoms with E-state index in [0.29, 0.717) is 0 Å². The van der Waals surface area contributed by atoms with E-state index in [1.807, 2.05) is 24.3 Å². The number of anilines is 1. The van der Waals surface area contributed by atoms with Gasteiger partial charge in [-0.15, -0.1) is 0 Å². The molecule has 0 unspecified atom stereocenters. The first-order valence-electron chi connectivity index (χ1n) is 6.81. The zero-order chi connectivity index (χ0) is 14.9. The van der Waals surface area contributed by atoms with Crippen LogP contribution in [-0.4, -0.2) is 26.5 Å². The Bertz CT molecular complexity index is 948. The number of aromatic nitrogens is 4. The molecule has 22 heavy (non-hydrogen) atoms. The number of nitrogen functional groups attached to an aromatic ring is 1. The third-order valence-corrected chi connectivity index (χ3v) is 3.59. The van der Waals surface area contributed by atoms with Crippen LogP contribution in [0.3, 0.4) is 0 Å². The minimum absolute atomic E-state index is 0.154. The molecule has 1 heterocycles. The van der Waals surface area contributed by atoms with Gasteiger partial charge in [0.05, 0.1) is 6.21 Å². The number of nitrogens with zero attached hydrogens (tertiary/aromatic N) is 5. The Morgan fingerprint density at radius 2 is 1.59 bits per heavy atom. The fraction of sp³-hybridized carbons (Fsp3) is 0. The second-order valence-electron chi connectivity index (χ2n) is 4.90. The molecule has 6 heteroatoms. The molecular formula is C16H12N6. The lowest BCUT2D eigenvalue weighted by Gasteiger charge is -2.07. The Hall–Kier alpha value is -3.28. The lowest BCUT2D eigenvalue weighted by atomic mass is 9.97. The molecule has 0 fully saturated rings. The van der Waals surface area contributed by atoms with Crippen molar-refractivity contribution in [1.82, 2.24) is 20.3 Å². The molecule has 106 valence electrons. The molecule has 0 radical (unpaired) electrons. The van der Waals surface area contributed by atoms with Crippen molar-refractivity contribution < 1.29 is 0 Å². The summed E-state index contributed by atoms with van der Waals surface area (Å²) in [6.07, 6.45) is 1.75. The summed E-state index contributed by atoms with van der Waals surface area (Å²) in [5, 5.41) is 19.7. The van der Waals surface area contributed by atoms with E-state index in [1.165, 1.54) is 4.79 Å². The topological polar surface area (TPSA) is 82.0 Å². The van der Waals surface area contributed by atoms with E-state index in [0.717, 1.165) is 27.1 Å². The highest BCUT2D eigenvalue weighted by molar-refractivity contribution is 6.13. The molecule has 0 saturated heterocycles. The molecule has 0 aliphatic carbocycles. The molecule has 2 N–H and O–H groups in total. The van der Waals surface area contributed by atoms with Crippen molar-refractivity contribution >= 4 is 33.7 Å². The predicted octanol–water partition coefficient (Wildman–Crippen LogP) is 2.44. The van der Waals surface area contributed by atoms with E-state index in [2.05, 4.69) is 51.0 Å². The highest BCUT2D eigenvalue weighted by Crippen LogP contribution is 2.27. The minimum atomic E-state index is 0.154. The summed E-state index contributed by atoms with van der Waals surface area (Å²) in [5.74, 6) is 0.154. The van der Waals surface area contributed by atoms with Gasteiger partial charge >= 0.3 is 0 Å². The van der Waals surface area contributed by atoms with E-state index in [-0.39, 0.29) is 5.95 Å². The molecular weight excluding hydrogens is 276 g/mol. The number of fused-ring (bicyclic) bond motifs is 2. The molecule has 0 spiro atoms. The van der Waals surface area contributed by atoms with E-state index >= 15 is 0 Å². The fourth-order valence-electron chi connectivity index (χ4n) is 2.57. The number of hydrogen-bond donors (Lipinski definition) is 1. The average molecular weight is 288 g/mol. The van der Waals surface area contributed by atoms with Gasteiger partial charge in [-0.25, -0.2) is 0 Å². The third kappa shape index (κ3) is 1.98. The summed E-state index contributed by atoms with van der Waals surface area (Å²) in [5.41, 5.74) is 6.66. The van der Waals surface area contributed by atoms with Crippen molar-refractivity contribution in [3.8, 4) is 0 Å². The lowest BCUT2D eigenvalue weighted by molar-refractivity contribution is 0.700. The highest BCUT2D eigenvalue weighted by Gasteiger charge is 2.06. The predicted molar refractivity (Wildman–Crippen MR) is 86.7 cm³/mol. The Kier molecular flexibility index (Phi) is 2.79. The van der Waals surface area contributed by atoms with Gasteiger partial charge in [-0.05, 0) is 38.0 Å². The van der Waals surface area contributed by atoms with Gasteiger partial charge in [-0.2, -0.15) is 5.10 Å². The normalized spacial score (nSPS) is 11.6. The summed E-state index contributed by atoms with van der Waals surface area (Å²) >= 11 is 0. The Labute approximate surface area is 125 Å². The lowest BCUT2D eigenvalue weighted by Crippen LogP contribution is -2.00. The van der Waals surface area contributed by atoms with Crippen molar-refractivity contribution in [3.63, 3.8) is 0 Å². The molecule has 0 saturated carbocycles. The van der Waals surface area contributed by atoms with Crippen LogP contribution in [0.4, 0.5) is 5.95 Å². The number of hydrogen-bond acceptors (Lipinski definition) is 5. The maximum atomic E-state index is 5.64. The van der Waals surface area contributed by atoms with E-state index in [1.54, 1.807) is 6.21 Å². The molecule has 1 aromatic heterocycles. The fourth-order valence-corrected chi connectivity index (χ4v) is 2.57. The van der Waals surface area contributed by atoms with E-state index in [9.17, 15) is 0 Å². The summed E-state index contributed by atoms with van der Waals surface area (Å²) in [7, 11) is 0. The molecule has 6 nitrogen and oxygen atoms in total. The monoisotopic (exact) mass is 288 g/mol. The summed E-state index contributed by atoms with van der Waals surface area (Å²) < 4.78 is 0. The zero-order valence-electron chi connectivity index (χ0n) is 11.6. The molecule has 4 rings (SSSR count). The van der Waals surface area contributed by atoms with E-state index in [4.69, 9.17) is 5.73 Å². The van der Waals surface area contributed by atoms with Gasteiger partial charge < -0.3 is 5.73 Å². The van der Waals surface area contributed by atoms with Crippen LogP contribution < -0.4 is 5.73 Å². The van der Waals surface area contributed by atoms with Gasteiger partial charge in [0, 0.05) is 5.56 Å². The molecule has 0 atom stereocenters. The van der Waals surface area contributed by atoms with Crippen LogP contribution in [0.15, 0.2) is 59.7 Å². The van der Waals surface area contributed by atoms with Crippen LogP contribution in [0.25, 0.3) is 21.5 Å². The van der Waals surface area contributed by atoms with Crippen LogP contribution in [0, 0.1) is 0 Å². The average Bonchev–Trinajstić information content (AvgIpc) is 2.96. The van der Waals surface area contributed by atoms with Crippen molar-refractivity contribution in [1.29, 1.82) is 0 Å². The molecule has 0 aliphatic heterocycles. The number of tetrazole rings is 1. The summed E-state index contributed by atoms with van der Waals surface area (Å²) in [6, 6.07) is 18.6. The van der Waals surface area contributed by atoms with Crippen LogP contribution >= 0.6 is 0 Å². The molecule has 0 amide bonds. The largest absolute Gasteiger partial charge is 0.365 e. The van der Waals surface area contributed by atoms with Crippen molar-refractivity contribution in [3.05, 3.63) is 60.2 Å². The van der Waals surface area contributed by atoms with Crippen LogP contribution in [0.1, 0.15) is 5.56 Å². The second kappa shape index (κ2) is 4.92. The minimum Gasteiger partial charge on any atom is -0.365 e. The third-order valence-electron chi connectivity index (χ3n) is 3.59. The van der Waals surface area contributed by atoms with Crippen molar-refractivity contribution in [2.24, 2.45) is 5.10 Å². The molecule has 4 aromatic rings. The summed E-state index contributed by atoms with van der Waals surface area (Å²) in [6.45, 7) is 0. The maximum Gasteiger partial charge on any atom is 0.263 e. The number of rotatable bonds is 2. The molecule has 3 aromatic carbocycles. The number of nitrogens with two attached hydrogens (primary N) is 1. The van der Waals surface area contributed by atoms with Crippen LogP contribution in [0.2, 0.25) is 0 Å². The van der Waals surface area contributed by atoms with E-state index < -0.39 is 0 Å². The SMILES string of the molecule is Nc1nnnn1/N=C\c1c2ccccc2cc2ccccc12. The van der Waals surface area contributed by atoms with Crippen molar-refractivity contribution in [2.75, 3.05) is 5.73 Å². The maximum absolute atomic E-state index is 5.64. The summed E-state index contributed by atoms with van der Waals surface area (Å²) in [4.78, 5) is 1.20. The van der Waals surface area contributed by atoms with Gasteiger partial charge in [0.15, 0.2) is 0 Å². The Balaban J connectivity index is 2.00. The standard InChI is InChI=1S/C16H12N6/c17-16-19-20-21-22(16)18-10-15-13-7-3-1-5-11(13)9-12-6-2-4-8-14(12)15/h1-10H,(H2,17,19,21)/b18-10-. The van der Waals surface area contributed by atoms with Gasteiger partial charge in [-0.3, -0.25) is 0 Å². The first-order valence-corrected chi connectivity index (χ1v) is 6.81. The molecule has 0 bridgehead atoms. The van der Waals surface area contributed by atoms with Crippen LogP contribution in [-0.2, 0) is 0 Å².